The molecule has 29 heavy (non-hydrogen) atoms. The molecule has 0 bridgehead atoms. The highest BCUT2D eigenvalue weighted by molar-refractivity contribution is 7.89. The molecule has 1 saturated heterocycles. The number of hydrogen-bond donors (Lipinski definition) is 0. The van der Waals surface area contributed by atoms with Crippen molar-refractivity contribution in [1.29, 1.82) is 0 Å². The van der Waals surface area contributed by atoms with Crippen molar-refractivity contribution in [2.24, 2.45) is 0 Å². The predicted octanol–water partition coefficient (Wildman–Crippen LogP) is 1.80. The van der Waals surface area contributed by atoms with Crippen LogP contribution in [0.25, 0.3) is 0 Å². The van der Waals surface area contributed by atoms with E-state index in [1.807, 2.05) is 0 Å². The average Bonchev–Trinajstić information content (AvgIpc) is 2.72. The molecule has 1 aromatic heterocycles. The van der Waals surface area contributed by atoms with E-state index < -0.39 is 20.6 Å². The lowest BCUT2D eigenvalue weighted by Gasteiger charge is -2.33. The molecule has 2 heterocycles. The molecule has 0 atom stereocenters. The third-order valence-corrected chi connectivity index (χ3v) is 6.58. The molecule has 12 heteroatoms. The number of halogens is 1. The van der Waals surface area contributed by atoms with Gasteiger partial charge < -0.3 is 9.64 Å². The molecule has 0 unspecified atom stereocenters. The van der Waals surface area contributed by atoms with Crippen LogP contribution in [0.1, 0.15) is 10.5 Å². The van der Waals surface area contributed by atoms with Gasteiger partial charge in [0.2, 0.25) is 10.0 Å². The van der Waals surface area contributed by atoms with Gasteiger partial charge in [-0.2, -0.15) is 4.31 Å². The van der Waals surface area contributed by atoms with Gasteiger partial charge in [0.1, 0.15) is 5.69 Å². The summed E-state index contributed by atoms with van der Waals surface area (Å²) in [6, 6.07) is 6.48. The number of methoxy groups -OCH3 is 1. The Balaban J connectivity index is 1.75. The van der Waals surface area contributed by atoms with Gasteiger partial charge in [0, 0.05) is 43.5 Å². The second-order valence-electron chi connectivity index (χ2n) is 6.15. The fourth-order valence-electron chi connectivity index (χ4n) is 2.94. The number of nitro groups is 1. The van der Waals surface area contributed by atoms with E-state index >= 15 is 0 Å². The lowest BCUT2D eigenvalue weighted by Crippen LogP contribution is -2.50. The molecule has 1 aromatic carbocycles. The summed E-state index contributed by atoms with van der Waals surface area (Å²) in [6.07, 6.45) is 1.42. The van der Waals surface area contributed by atoms with Crippen LogP contribution in [-0.2, 0) is 10.0 Å². The first kappa shape index (κ1) is 21.0. The minimum Gasteiger partial charge on any atom is -0.490 e. The summed E-state index contributed by atoms with van der Waals surface area (Å²) in [6.45, 7) is 0.415. The normalized spacial score (nSPS) is 15.2. The Morgan fingerprint density at radius 2 is 1.90 bits per heavy atom. The van der Waals surface area contributed by atoms with Crippen LogP contribution in [0.2, 0.25) is 5.02 Å². The zero-order chi connectivity index (χ0) is 21.2. The van der Waals surface area contributed by atoms with E-state index in [0.29, 0.717) is 5.02 Å². The van der Waals surface area contributed by atoms with Crippen LogP contribution in [0, 0.1) is 10.1 Å². The van der Waals surface area contributed by atoms with Crippen LogP contribution in [0.3, 0.4) is 0 Å². The Kier molecular flexibility index (Phi) is 6.01. The number of amides is 1. The van der Waals surface area contributed by atoms with Gasteiger partial charge in [-0.25, -0.2) is 8.42 Å². The molecule has 10 nitrogen and oxygen atoms in total. The number of ether oxygens (including phenoxy) is 1. The number of nitro benzene ring substituents is 1. The number of carbonyl (C=O) groups is 1. The summed E-state index contributed by atoms with van der Waals surface area (Å²) < 4.78 is 31.9. The fraction of sp³-hybridized carbons (Fsp3) is 0.294. The molecule has 1 amide bonds. The average molecular weight is 441 g/mol. The Bertz CT molecular complexity index is 1050. The van der Waals surface area contributed by atoms with Gasteiger partial charge in [0.05, 0.1) is 16.9 Å². The molecule has 0 saturated carbocycles. The minimum atomic E-state index is -3.96. The van der Waals surface area contributed by atoms with Crippen molar-refractivity contribution in [2.45, 2.75) is 4.90 Å². The van der Waals surface area contributed by atoms with Gasteiger partial charge >= 0.3 is 5.69 Å². The van der Waals surface area contributed by atoms with Crippen molar-refractivity contribution >= 4 is 33.2 Å². The zero-order valence-corrected chi connectivity index (χ0v) is 16.9. The lowest BCUT2D eigenvalue weighted by atomic mass is 10.3. The van der Waals surface area contributed by atoms with E-state index in [-0.39, 0.29) is 48.4 Å². The summed E-state index contributed by atoms with van der Waals surface area (Å²) in [5.74, 6) is -0.372. The quantitative estimate of drug-likeness (QED) is 0.513. The summed E-state index contributed by atoms with van der Waals surface area (Å²) in [7, 11) is -2.70. The molecule has 0 N–H and O–H groups in total. The zero-order valence-electron chi connectivity index (χ0n) is 15.3. The van der Waals surface area contributed by atoms with Crippen LogP contribution < -0.4 is 4.74 Å². The number of benzene rings is 1. The molecule has 0 radical (unpaired) electrons. The van der Waals surface area contributed by atoms with Crippen molar-refractivity contribution in [2.75, 3.05) is 33.3 Å². The number of aromatic nitrogens is 1. The van der Waals surface area contributed by atoms with Crippen molar-refractivity contribution in [3.05, 3.63) is 57.4 Å². The first-order valence-electron chi connectivity index (χ1n) is 8.47. The summed E-state index contributed by atoms with van der Waals surface area (Å²) in [4.78, 5) is 28.3. The minimum absolute atomic E-state index is 0.0293. The lowest BCUT2D eigenvalue weighted by molar-refractivity contribution is -0.386. The predicted molar refractivity (Wildman–Crippen MR) is 104 cm³/mol. The molecule has 1 aliphatic rings. The van der Waals surface area contributed by atoms with Crippen LogP contribution >= 0.6 is 11.6 Å². The van der Waals surface area contributed by atoms with Gasteiger partial charge in [-0.3, -0.25) is 19.9 Å². The number of rotatable bonds is 5. The number of carbonyl (C=O) groups excluding carboxylic acids is 1. The monoisotopic (exact) mass is 440 g/mol. The van der Waals surface area contributed by atoms with Gasteiger partial charge in [-0.1, -0.05) is 11.6 Å². The van der Waals surface area contributed by atoms with Gasteiger partial charge in [-0.05, 0) is 24.3 Å². The molecule has 154 valence electrons. The van der Waals surface area contributed by atoms with E-state index in [4.69, 9.17) is 16.3 Å². The fourth-order valence-corrected chi connectivity index (χ4v) is 4.54. The van der Waals surface area contributed by atoms with Crippen molar-refractivity contribution in [1.82, 2.24) is 14.2 Å². The van der Waals surface area contributed by atoms with Crippen LogP contribution in [0.4, 0.5) is 5.69 Å². The number of sulfonamides is 1. The first-order chi connectivity index (χ1) is 13.7. The summed E-state index contributed by atoms with van der Waals surface area (Å²) in [5, 5.41) is 11.6. The molecule has 1 aliphatic heterocycles. The van der Waals surface area contributed by atoms with Crippen LogP contribution in [0.5, 0.6) is 5.75 Å². The third-order valence-electron chi connectivity index (χ3n) is 4.45. The van der Waals surface area contributed by atoms with Crippen LogP contribution in [0.15, 0.2) is 41.4 Å². The number of piperazine rings is 1. The van der Waals surface area contributed by atoms with E-state index in [1.165, 1.54) is 40.7 Å². The Labute approximate surface area is 171 Å². The molecule has 0 aliphatic carbocycles. The van der Waals surface area contributed by atoms with Crippen molar-refractivity contribution in [3.63, 3.8) is 0 Å². The van der Waals surface area contributed by atoms with Crippen molar-refractivity contribution < 1.29 is 22.9 Å². The van der Waals surface area contributed by atoms with Gasteiger partial charge in [0.15, 0.2) is 5.75 Å². The van der Waals surface area contributed by atoms with Crippen molar-refractivity contribution in [3.8, 4) is 5.75 Å². The number of hydrogen-bond acceptors (Lipinski definition) is 7. The smallest absolute Gasteiger partial charge is 0.312 e. The van der Waals surface area contributed by atoms with E-state index in [9.17, 15) is 23.3 Å². The first-order valence-corrected chi connectivity index (χ1v) is 10.3. The molecule has 3 rings (SSSR count). The maximum atomic E-state index is 12.9. The number of pyridine rings is 1. The second kappa shape index (κ2) is 8.31. The number of nitrogens with zero attached hydrogens (tertiary/aromatic N) is 4. The highest BCUT2D eigenvalue weighted by Gasteiger charge is 2.32. The largest absolute Gasteiger partial charge is 0.490 e. The Hall–Kier alpha value is -2.76. The Morgan fingerprint density at radius 3 is 2.48 bits per heavy atom. The summed E-state index contributed by atoms with van der Waals surface area (Å²) >= 11 is 5.88. The highest BCUT2D eigenvalue weighted by atomic mass is 35.5. The van der Waals surface area contributed by atoms with Crippen LogP contribution in [-0.4, -0.2) is 66.7 Å². The van der Waals surface area contributed by atoms with Gasteiger partial charge in [0.25, 0.3) is 5.91 Å². The van der Waals surface area contributed by atoms with E-state index in [0.717, 1.165) is 6.07 Å². The van der Waals surface area contributed by atoms with Gasteiger partial charge in [-0.15, -0.1) is 0 Å². The standard InChI is InChI=1S/C17H17ClN4O6S/c1-28-16-3-2-13(11-15(16)22(24)25)29(26,27)21-8-6-20(7-9-21)17(23)14-10-12(18)4-5-19-14/h2-5,10-11H,6-9H2,1H3. The topological polar surface area (TPSA) is 123 Å². The highest BCUT2D eigenvalue weighted by Crippen LogP contribution is 2.30. The SMILES string of the molecule is COc1ccc(S(=O)(=O)N2CCN(C(=O)c3cc(Cl)ccn3)CC2)cc1[N+](=O)[O-]. The molecule has 0 spiro atoms. The van der Waals surface area contributed by atoms with E-state index in [2.05, 4.69) is 4.98 Å². The molecule has 1 fully saturated rings. The molecular formula is C17H17ClN4O6S. The summed E-state index contributed by atoms with van der Waals surface area (Å²) in [5.41, 5.74) is -0.256. The molecule has 2 aromatic rings. The maximum Gasteiger partial charge on any atom is 0.312 e. The second-order valence-corrected chi connectivity index (χ2v) is 8.52. The molecular weight excluding hydrogens is 424 g/mol. The maximum absolute atomic E-state index is 12.9. The third kappa shape index (κ3) is 4.31. The Morgan fingerprint density at radius 1 is 1.21 bits per heavy atom. The van der Waals surface area contributed by atoms with E-state index in [1.54, 1.807) is 6.07 Å².